The summed E-state index contributed by atoms with van der Waals surface area (Å²) in [5.41, 5.74) is 0. The lowest BCUT2D eigenvalue weighted by Crippen LogP contribution is -2.30. The molecule has 1 atom stereocenters. The molecule has 0 aliphatic rings. The third-order valence-electron chi connectivity index (χ3n) is 13.4. The fourth-order valence-electron chi connectivity index (χ4n) is 8.46. The first-order chi connectivity index (χ1) is 41.0. The molecule has 1 unspecified atom stereocenters. The Morgan fingerprint density at radius 2 is 0.470 bits per heavy atom. The molecule has 464 valence electrons. The zero-order valence-corrected chi connectivity index (χ0v) is 53.1. The van der Waals surface area contributed by atoms with Crippen molar-refractivity contribution < 1.29 is 28.6 Å². The number of allylic oxidation sites excluding steroid dienone is 30. The Kier molecular flexibility index (Phi) is 64.4. The van der Waals surface area contributed by atoms with Crippen LogP contribution in [0.3, 0.4) is 0 Å². The summed E-state index contributed by atoms with van der Waals surface area (Å²) >= 11 is 0. The van der Waals surface area contributed by atoms with Crippen LogP contribution in [0.15, 0.2) is 182 Å². The maximum Gasteiger partial charge on any atom is 0.306 e. The molecule has 0 saturated heterocycles. The SMILES string of the molecule is CC/C=C\C/C=C\C/C=C\C/C=C\C/C=C\C/C=C\C/C=C\C/C=C\CCCCC(=O)OCC(COC(=O)CCCCCCCC/C=C\C/C=C\C/C=C\CCCCC)OC(=O)CCCCCCCC/C=C\C/C=C\C/C=C\C/C=C\CC. The van der Waals surface area contributed by atoms with E-state index in [2.05, 4.69) is 203 Å². The van der Waals surface area contributed by atoms with Crippen LogP contribution < -0.4 is 0 Å². The molecule has 0 rings (SSSR count). The van der Waals surface area contributed by atoms with Crippen molar-refractivity contribution in [3.8, 4) is 0 Å². The highest BCUT2D eigenvalue weighted by molar-refractivity contribution is 5.71. The average Bonchev–Trinajstić information content (AvgIpc) is 3.50. The number of rotatable bonds is 58. The number of carbonyl (C=O) groups is 3. The van der Waals surface area contributed by atoms with Gasteiger partial charge in [-0.25, -0.2) is 0 Å². The lowest BCUT2D eigenvalue weighted by atomic mass is 10.1. The zero-order valence-electron chi connectivity index (χ0n) is 53.1. The maximum absolute atomic E-state index is 12.9. The molecule has 0 radical (unpaired) electrons. The van der Waals surface area contributed by atoms with Crippen molar-refractivity contribution in [3.63, 3.8) is 0 Å². The Bertz CT molecular complexity index is 1940. The molecule has 0 aromatic carbocycles. The molecule has 0 bridgehead atoms. The van der Waals surface area contributed by atoms with Crippen molar-refractivity contribution in [2.24, 2.45) is 0 Å². The number of hydrogen-bond acceptors (Lipinski definition) is 6. The third kappa shape index (κ3) is 67.2. The van der Waals surface area contributed by atoms with E-state index < -0.39 is 6.10 Å². The molecule has 0 aromatic heterocycles. The molecular weight excluding hydrogens is 1020 g/mol. The van der Waals surface area contributed by atoms with Gasteiger partial charge in [0.15, 0.2) is 6.10 Å². The number of ether oxygens (including phenoxy) is 3. The second kappa shape index (κ2) is 69.0. The first-order valence-corrected chi connectivity index (χ1v) is 33.3. The normalized spacial score (nSPS) is 13.3. The van der Waals surface area contributed by atoms with Crippen LogP contribution in [0.1, 0.15) is 265 Å². The second-order valence-electron chi connectivity index (χ2n) is 21.3. The molecule has 0 fully saturated rings. The van der Waals surface area contributed by atoms with Gasteiger partial charge in [0.25, 0.3) is 0 Å². The van der Waals surface area contributed by atoms with Crippen molar-refractivity contribution in [1.82, 2.24) is 0 Å². The fraction of sp³-hybridized carbons (Fsp3) is 0.571. The van der Waals surface area contributed by atoms with Gasteiger partial charge in [-0.3, -0.25) is 14.4 Å². The minimum absolute atomic E-state index is 0.114. The zero-order chi connectivity index (χ0) is 59.9. The molecule has 0 spiro atoms. The highest BCUT2D eigenvalue weighted by atomic mass is 16.6. The summed E-state index contributed by atoms with van der Waals surface area (Å²) in [6.07, 6.45) is 103. The predicted molar refractivity (Wildman–Crippen MR) is 361 cm³/mol. The van der Waals surface area contributed by atoms with Gasteiger partial charge >= 0.3 is 17.9 Å². The summed E-state index contributed by atoms with van der Waals surface area (Å²) in [4.78, 5) is 38.4. The molecule has 0 saturated carbocycles. The molecule has 0 amide bonds. The quantitative estimate of drug-likeness (QED) is 0.0261. The van der Waals surface area contributed by atoms with E-state index in [-0.39, 0.29) is 44.0 Å². The van der Waals surface area contributed by atoms with Gasteiger partial charge in [0.2, 0.25) is 0 Å². The Morgan fingerprint density at radius 3 is 0.759 bits per heavy atom. The van der Waals surface area contributed by atoms with Gasteiger partial charge < -0.3 is 14.2 Å². The van der Waals surface area contributed by atoms with Crippen LogP contribution in [0.5, 0.6) is 0 Å². The smallest absolute Gasteiger partial charge is 0.306 e. The van der Waals surface area contributed by atoms with Crippen molar-refractivity contribution in [1.29, 1.82) is 0 Å². The molecule has 0 aliphatic heterocycles. The lowest BCUT2D eigenvalue weighted by molar-refractivity contribution is -0.167. The van der Waals surface area contributed by atoms with E-state index in [1.54, 1.807) is 0 Å². The van der Waals surface area contributed by atoms with E-state index in [0.29, 0.717) is 12.8 Å². The first kappa shape index (κ1) is 77.5. The topological polar surface area (TPSA) is 78.9 Å². The molecule has 6 nitrogen and oxygen atoms in total. The average molecular weight is 1140 g/mol. The molecular formula is C77H120O6. The summed E-state index contributed by atoms with van der Waals surface area (Å²) in [5, 5.41) is 0. The Labute approximate surface area is 510 Å². The predicted octanol–water partition coefficient (Wildman–Crippen LogP) is 23.2. The molecule has 0 aromatic rings. The molecule has 0 N–H and O–H groups in total. The van der Waals surface area contributed by atoms with E-state index in [4.69, 9.17) is 14.2 Å². The van der Waals surface area contributed by atoms with Crippen LogP contribution in [-0.4, -0.2) is 37.2 Å². The Hall–Kier alpha value is -5.49. The second-order valence-corrected chi connectivity index (χ2v) is 21.3. The molecule has 0 heterocycles. The Balaban J connectivity index is 4.55. The van der Waals surface area contributed by atoms with Crippen LogP contribution >= 0.6 is 0 Å². The molecule has 83 heavy (non-hydrogen) atoms. The van der Waals surface area contributed by atoms with Crippen molar-refractivity contribution >= 4 is 17.9 Å². The van der Waals surface area contributed by atoms with E-state index >= 15 is 0 Å². The van der Waals surface area contributed by atoms with Gasteiger partial charge in [-0.15, -0.1) is 0 Å². The van der Waals surface area contributed by atoms with E-state index in [0.717, 1.165) is 167 Å². The van der Waals surface area contributed by atoms with Gasteiger partial charge in [0.05, 0.1) is 0 Å². The van der Waals surface area contributed by atoms with Crippen molar-refractivity contribution in [3.05, 3.63) is 182 Å². The minimum atomic E-state index is -0.823. The molecule has 6 heteroatoms. The van der Waals surface area contributed by atoms with Gasteiger partial charge in [0.1, 0.15) is 13.2 Å². The van der Waals surface area contributed by atoms with Gasteiger partial charge in [-0.1, -0.05) is 267 Å². The summed E-state index contributed by atoms with van der Waals surface area (Å²) in [6, 6.07) is 0. The van der Waals surface area contributed by atoms with E-state index in [1.807, 2.05) is 0 Å². The van der Waals surface area contributed by atoms with E-state index in [9.17, 15) is 14.4 Å². The van der Waals surface area contributed by atoms with Crippen molar-refractivity contribution in [2.45, 2.75) is 271 Å². The highest BCUT2D eigenvalue weighted by Gasteiger charge is 2.19. The van der Waals surface area contributed by atoms with E-state index in [1.165, 1.54) is 51.4 Å². The Morgan fingerprint density at radius 1 is 0.253 bits per heavy atom. The van der Waals surface area contributed by atoms with Crippen molar-refractivity contribution in [2.75, 3.05) is 13.2 Å². The number of unbranched alkanes of at least 4 members (excludes halogenated alkanes) is 17. The lowest BCUT2D eigenvalue weighted by Gasteiger charge is -2.18. The number of esters is 3. The van der Waals surface area contributed by atoms with Crippen LogP contribution in [0.4, 0.5) is 0 Å². The third-order valence-corrected chi connectivity index (χ3v) is 13.4. The number of carbonyl (C=O) groups excluding carboxylic acids is 3. The van der Waals surface area contributed by atoms with Crippen LogP contribution in [0.25, 0.3) is 0 Å². The summed E-state index contributed by atoms with van der Waals surface area (Å²) < 4.78 is 16.9. The number of hydrogen-bond donors (Lipinski definition) is 0. The van der Waals surface area contributed by atoms with Gasteiger partial charge in [-0.05, 0) is 161 Å². The summed E-state index contributed by atoms with van der Waals surface area (Å²) in [5.74, 6) is -0.990. The summed E-state index contributed by atoms with van der Waals surface area (Å²) in [7, 11) is 0. The highest BCUT2D eigenvalue weighted by Crippen LogP contribution is 2.14. The minimum Gasteiger partial charge on any atom is -0.462 e. The van der Waals surface area contributed by atoms with Crippen LogP contribution in [-0.2, 0) is 28.6 Å². The monoisotopic (exact) mass is 1140 g/mol. The molecule has 0 aliphatic carbocycles. The summed E-state index contributed by atoms with van der Waals surface area (Å²) in [6.45, 7) is 6.32. The fourth-order valence-corrected chi connectivity index (χ4v) is 8.46. The first-order valence-electron chi connectivity index (χ1n) is 33.3. The van der Waals surface area contributed by atoms with Gasteiger partial charge in [-0.2, -0.15) is 0 Å². The van der Waals surface area contributed by atoms with Crippen LogP contribution in [0, 0.1) is 0 Å². The standard InChI is InChI=1S/C77H120O6/c1-4-7-10-13-16-19-22-25-28-31-34-35-36-37-38-39-40-41-44-46-49-52-55-58-61-64-67-70-76(79)82-73-74(83-77(80)71-68-65-62-59-56-53-50-47-43-33-30-27-24-21-18-15-12-9-6-3)72-81-75(78)69-66-63-60-57-54-51-48-45-42-32-29-26-23-20-17-14-11-8-5-2/h7,9-10,12,16-21,25-30,34-35,37-38,40-43,45-47,49,55,58,74H,4-6,8,11,13-15,22-24,31-33,36,39,44,48,50-54,56-57,59-73H2,1-3H3/b10-7-,12-9-,19-16-,20-17-,21-18-,28-25-,29-26-,30-27-,35-34-,38-37-,41-40-,45-42-,47-43-,49-46-,58-55-. The maximum atomic E-state index is 12.9. The van der Waals surface area contributed by atoms with Gasteiger partial charge in [0, 0.05) is 19.3 Å². The largest absolute Gasteiger partial charge is 0.462 e. The van der Waals surface area contributed by atoms with Crippen LogP contribution in [0.2, 0.25) is 0 Å².